The molecule has 1 aromatic carbocycles. The largest absolute Gasteiger partial charge is 0.365 e. The minimum absolute atomic E-state index is 0.606. The summed E-state index contributed by atoms with van der Waals surface area (Å²) in [5.41, 5.74) is 2.73. The highest BCUT2D eigenvalue weighted by Gasteiger charge is 2.29. The molecule has 1 aliphatic rings. The predicted molar refractivity (Wildman–Crippen MR) is 79.2 cm³/mol. The van der Waals surface area contributed by atoms with Crippen LogP contribution in [0.25, 0.3) is 0 Å². The lowest BCUT2D eigenvalue weighted by Crippen LogP contribution is -2.58. The number of aryl methyl sites for hydroxylation is 1. The van der Waals surface area contributed by atoms with Crippen molar-refractivity contribution in [3.8, 4) is 0 Å². The molecule has 0 radical (unpaired) electrons. The van der Waals surface area contributed by atoms with Gasteiger partial charge in [-0.15, -0.1) is 0 Å². The monoisotopic (exact) mass is 246 g/mol. The number of rotatable bonds is 3. The van der Waals surface area contributed by atoms with E-state index in [9.17, 15) is 0 Å². The van der Waals surface area contributed by atoms with Crippen LogP contribution in [0.1, 0.15) is 32.8 Å². The van der Waals surface area contributed by atoms with E-state index in [2.05, 4.69) is 62.2 Å². The van der Waals surface area contributed by atoms with Crippen molar-refractivity contribution < 1.29 is 0 Å². The van der Waals surface area contributed by atoms with E-state index in [0.29, 0.717) is 18.0 Å². The van der Waals surface area contributed by atoms with E-state index >= 15 is 0 Å². The smallest absolute Gasteiger partial charge is 0.0438 e. The zero-order valence-electron chi connectivity index (χ0n) is 12.1. The van der Waals surface area contributed by atoms with Crippen molar-refractivity contribution in [2.45, 2.75) is 46.2 Å². The molecule has 1 heterocycles. The van der Waals surface area contributed by atoms with Crippen molar-refractivity contribution >= 4 is 5.69 Å². The topological polar surface area (TPSA) is 15.3 Å². The van der Waals surface area contributed by atoms with Gasteiger partial charge in [0.1, 0.15) is 0 Å². The Morgan fingerprint density at radius 2 is 2.17 bits per heavy atom. The molecular weight excluding hydrogens is 220 g/mol. The fourth-order valence-corrected chi connectivity index (χ4v) is 2.81. The molecule has 1 aromatic rings. The summed E-state index contributed by atoms with van der Waals surface area (Å²) in [6.07, 6.45) is 1.20. The zero-order valence-corrected chi connectivity index (χ0v) is 12.1. The molecule has 2 unspecified atom stereocenters. The summed E-state index contributed by atoms with van der Waals surface area (Å²) in [6.45, 7) is 11.3. The van der Waals surface area contributed by atoms with Gasteiger partial charge in [-0.2, -0.15) is 0 Å². The number of benzene rings is 1. The van der Waals surface area contributed by atoms with Gasteiger partial charge < -0.3 is 10.2 Å². The van der Waals surface area contributed by atoms with Crippen LogP contribution in [0, 0.1) is 12.8 Å². The Hall–Kier alpha value is -1.02. The summed E-state index contributed by atoms with van der Waals surface area (Å²) in [5.74, 6) is 0.677. The molecule has 18 heavy (non-hydrogen) atoms. The minimum Gasteiger partial charge on any atom is -0.365 e. The fraction of sp³-hybridized carbons (Fsp3) is 0.625. The molecule has 0 spiro atoms. The van der Waals surface area contributed by atoms with Crippen molar-refractivity contribution in [2.24, 2.45) is 5.92 Å². The molecule has 0 aliphatic carbocycles. The summed E-state index contributed by atoms with van der Waals surface area (Å²) in [4.78, 5) is 2.60. The minimum atomic E-state index is 0.606. The summed E-state index contributed by atoms with van der Waals surface area (Å²) in [5, 5.41) is 3.67. The molecule has 0 saturated carbocycles. The van der Waals surface area contributed by atoms with E-state index < -0.39 is 0 Å². The first-order chi connectivity index (χ1) is 8.61. The summed E-state index contributed by atoms with van der Waals surface area (Å²) in [6, 6.07) is 10.1. The quantitative estimate of drug-likeness (QED) is 0.881. The third-order valence-corrected chi connectivity index (χ3v) is 4.03. The Kier molecular flexibility index (Phi) is 4.28. The molecule has 100 valence electrons. The average molecular weight is 246 g/mol. The lowest BCUT2D eigenvalue weighted by Gasteiger charge is -2.44. The van der Waals surface area contributed by atoms with Crippen molar-refractivity contribution in [3.63, 3.8) is 0 Å². The summed E-state index contributed by atoms with van der Waals surface area (Å²) >= 11 is 0. The van der Waals surface area contributed by atoms with Crippen molar-refractivity contribution in [2.75, 3.05) is 18.0 Å². The SMILES string of the molecule is CCC1CN(c2cccc(C)c2)C(C(C)C)CN1. The van der Waals surface area contributed by atoms with Crippen LogP contribution >= 0.6 is 0 Å². The van der Waals surface area contributed by atoms with Gasteiger partial charge in [-0.25, -0.2) is 0 Å². The molecule has 2 atom stereocenters. The van der Waals surface area contributed by atoms with Crippen molar-refractivity contribution in [1.82, 2.24) is 5.32 Å². The van der Waals surface area contributed by atoms with Gasteiger partial charge in [0, 0.05) is 30.9 Å². The van der Waals surface area contributed by atoms with Gasteiger partial charge in [0.25, 0.3) is 0 Å². The van der Waals surface area contributed by atoms with Crippen LogP contribution in [0.15, 0.2) is 24.3 Å². The maximum absolute atomic E-state index is 3.67. The number of anilines is 1. The van der Waals surface area contributed by atoms with Crippen molar-refractivity contribution in [1.29, 1.82) is 0 Å². The molecule has 2 nitrogen and oxygen atoms in total. The highest BCUT2D eigenvalue weighted by molar-refractivity contribution is 5.50. The molecule has 0 amide bonds. The molecular formula is C16H26N2. The van der Waals surface area contributed by atoms with E-state index in [0.717, 1.165) is 13.1 Å². The van der Waals surface area contributed by atoms with Crippen LogP contribution in [0.2, 0.25) is 0 Å². The second-order valence-corrected chi connectivity index (χ2v) is 5.82. The molecule has 1 N–H and O–H groups in total. The van der Waals surface area contributed by atoms with Gasteiger partial charge in [0.15, 0.2) is 0 Å². The van der Waals surface area contributed by atoms with E-state index in [1.807, 2.05) is 0 Å². The molecule has 1 saturated heterocycles. The van der Waals surface area contributed by atoms with Crippen LogP contribution < -0.4 is 10.2 Å². The molecule has 0 bridgehead atoms. The average Bonchev–Trinajstić information content (AvgIpc) is 2.38. The number of hydrogen-bond acceptors (Lipinski definition) is 2. The van der Waals surface area contributed by atoms with Gasteiger partial charge in [-0.05, 0) is 37.0 Å². The normalized spacial score (nSPS) is 24.6. The Labute approximate surface area is 111 Å². The first-order valence-corrected chi connectivity index (χ1v) is 7.18. The predicted octanol–water partition coefficient (Wildman–Crippen LogP) is 3.21. The maximum Gasteiger partial charge on any atom is 0.0438 e. The molecule has 1 aliphatic heterocycles. The third kappa shape index (κ3) is 2.86. The zero-order chi connectivity index (χ0) is 13.1. The number of nitrogens with zero attached hydrogens (tertiary/aromatic N) is 1. The Bertz CT molecular complexity index is 386. The highest BCUT2D eigenvalue weighted by atomic mass is 15.2. The molecule has 1 fully saturated rings. The van der Waals surface area contributed by atoms with Crippen molar-refractivity contribution in [3.05, 3.63) is 29.8 Å². The molecule has 0 aromatic heterocycles. The molecule has 2 heteroatoms. The van der Waals surface area contributed by atoms with Crippen LogP contribution in [0.4, 0.5) is 5.69 Å². The third-order valence-electron chi connectivity index (χ3n) is 4.03. The van der Waals surface area contributed by atoms with Gasteiger partial charge in [-0.1, -0.05) is 32.9 Å². The second kappa shape index (κ2) is 5.75. The van der Waals surface area contributed by atoms with Crippen LogP contribution in [0.5, 0.6) is 0 Å². The molecule has 2 rings (SSSR count). The number of nitrogens with one attached hydrogen (secondary N) is 1. The van der Waals surface area contributed by atoms with Crippen LogP contribution in [0.3, 0.4) is 0 Å². The Morgan fingerprint density at radius 3 is 2.78 bits per heavy atom. The van der Waals surface area contributed by atoms with E-state index in [4.69, 9.17) is 0 Å². The second-order valence-electron chi connectivity index (χ2n) is 5.82. The van der Waals surface area contributed by atoms with E-state index in [1.54, 1.807) is 0 Å². The number of piperazine rings is 1. The first kappa shape index (κ1) is 13.4. The highest BCUT2D eigenvalue weighted by Crippen LogP contribution is 2.25. The number of hydrogen-bond donors (Lipinski definition) is 1. The van der Waals surface area contributed by atoms with Gasteiger partial charge >= 0.3 is 0 Å². The van der Waals surface area contributed by atoms with Crippen LogP contribution in [-0.2, 0) is 0 Å². The van der Waals surface area contributed by atoms with Gasteiger partial charge in [-0.3, -0.25) is 0 Å². The van der Waals surface area contributed by atoms with E-state index in [-0.39, 0.29) is 0 Å². The van der Waals surface area contributed by atoms with Gasteiger partial charge in [0.05, 0.1) is 0 Å². The Balaban J connectivity index is 2.24. The van der Waals surface area contributed by atoms with Gasteiger partial charge in [0.2, 0.25) is 0 Å². The first-order valence-electron chi connectivity index (χ1n) is 7.18. The van der Waals surface area contributed by atoms with E-state index in [1.165, 1.54) is 17.7 Å². The lowest BCUT2D eigenvalue weighted by molar-refractivity contribution is 0.333. The Morgan fingerprint density at radius 1 is 1.39 bits per heavy atom. The standard InChI is InChI=1S/C16H26N2/c1-5-14-11-18(16(10-17-14)12(2)3)15-8-6-7-13(4)9-15/h6-9,12,14,16-17H,5,10-11H2,1-4H3. The lowest BCUT2D eigenvalue weighted by atomic mass is 9.96. The summed E-state index contributed by atoms with van der Waals surface area (Å²) in [7, 11) is 0. The fourth-order valence-electron chi connectivity index (χ4n) is 2.81. The summed E-state index contributed by atoms with van der Waals surface area (Å²) < 4.78 is 0. The maximum atomic E-state index is 3.67. The van der Waals surface area contributed by atoms with Crippen LogP contribution in [-0.4, -0.2) is 25.2 Å².